The minimum Gasteiger partial charge on any atom is -0.465 e. The largest absolute Gasteiger partial charge is 0.465 e. The molecule has 0 aliphatic carbocycles. The van der Waals surface area contributed by atoms with Gasteiger partial charge in [-0.3, -0.25) is 9.59 Å². The monoisotopic (exact) mass is 367 g/mol. The Morgan fingerprint density at radius 3 is 2.74 bits per heavy atom. The van der Waals surface area contributed by atoms with Crippen LogP contribution in [0.15, 0.2) is 40.8 Å². The fourth-order valence-corrected chi connectivity index (χ4v) is 4.03. The van der Waals surface area contributed by atoms with Gasteiger partial charge in [0.15, 0.2) is 0 Å². The van der Waals surface area contributed by atoms with Gasteiger partial charge in [0.25, 0.3) is 0 Å². The summed E-state index contributed by atoms with van der Waals surface area (Å²) >= 11 is 0. The van der Waals surface area contributed by atoms with Crippen LogP contribution in [0.4, 0.5) is 11.4 Å². The van der Waals surface area contributed by atoms with Crippen LogP contribution in [-0.2, 0) is 16.1 Å². The van der Waals surface area contributed by atoms with Crippen molar-refractivity contribution in [2.75, 3.05) is 22.9 Å². The highest BCUT2D eigenvalue weighted by Gasteiger charge is 2.35. The minimum absolute atomic E-state index is 0.0120. The van der Waals surface area contributed by atoms with E-state index >= 15 is 0 Å². The summed E-state index contributed by atoms with van der Waals surface area (Å²) in [5, 5.41) is 2.82. The summed E-state index contributed by atoms with van der Waals surface area (Å²) in [5.41, 5.74) is 2.10. The number of hydrogen-bond acceptors (Lipinski definition) is 4. The molecule has 1 fully saturated rings. The van der Waals surface area contributed by atoms with Gasteiger partial charge in [-0.2, -0.15) is 0 Å². The molecule has 2 aliphatic rings. The van der Waals surface area contributed by atoms with Crippen LogP contribution >= 0.6 is 0 Å². The van der Waals surface area contributed by atoms with Crippen LogP contribution in [0.3, 0.4) is 0 Å². The number of carbonyl (C=O) groups is 2. The van der Waals surface area contributed by atoms with Crippen molar-refractivity contribution in [2.45, 2.75) is 45.2 Å². The van der Waals surface area contributed by atoms with E-state index in [1.165, 1.54) is 0 Å². The van der Waals surface area contributed by atoms with E-state index in [-0.39, 0.29) is 24.7 Å². The fourth-order valence-electron chi connectivity index (χ4n) is 4.03. The second kappa shape index (κ2) is 7.47. The van der Waals surface area contributed by atoms with Gasteiger partial charge in [-0.05, 0) is 44.0 Å². The van der Waals surface area contributed by atoms with Crippen LogP contribution in [0.1, 0.15) is 37.2 Å². The lowest BCUT2D eigenvalue weighted by Crippen LogP contribution is -2.48. The van der Waals surface area contributed by atoms with Crippen molar-refractivity contribution < 1.29 is 14.0 Å². The van der Waals surface area contributed by atoms with Crippen LogP contribution < -0.4 is 15.1 Å². The number of furan rings is 1. The standard InChI is InChI=1S/C21H25N3O3/c1-15-8-9-17(27-15)13-22-20(25)10-11-21(26)24-14-16-5-4-12-23(16)18-6-2-3-7-19(18)24/h2-3,6-9,16H,4-5,10-14H2,1H3,(H,22,25)/t16-/m0/s1. The maximum Gasteiger partial charge on any atom is 0.227 e. The molecule has 1 saturated heterocycles. The number of fused-ring (bicyclic) bond motifs is 3. The fraction of sp³-hybridized carbons (Fsp3) is 0.429. The number of nitrogens with one attached hydrogen (secondary N) is 1. The molecule has 0 spiro atoms. The number of nitrogens with zero attached hydrogens (tertiary/aromatic N) is 2. The predicted octanol–water partition coefficient (Wildman–Crippen LogP) is 3.00. The Morgan fingerprint density at radius 2 is 1.96 bits per heavy atom. The lowest BCUT2D eigenvalue weighted by atomic mass is 10.1. The molecule has 142 valence electrons. The number of benzene rings is 1. The number of hydrogen-bond donors (Lipinski definition) is 1. The molecular weight excluding hydrogens is 342 g/mol. The predicted molar refractivity (Wildman–Crippen MR) is 104 cm³/mol. The van der Waals surface area contributed by atoms with E-state index in [4.69, 9.17) is 4.42 Å². The smallest absolute Gasteiger partial charge is 0.227 e. The summed E-state index contributed by atoms with van der Waals surface area (Å²) in [4.78, 5) is 29.2. The van der Waals surface area contributed by atoms with Gasteiger partial charge in [-0.1, -0.05) is 12.1 Å². The van der Waals surface area contributed by atoms with Crippen molar-refractivity contribution >= 4 is 23.2 Å². The molecule has 2 aliphatic heterocycles. The number of amides is 2. The van der Waals surface area contributed by atoms with Crippen LogP contribution in [0.2, 0.25) is 0 Å². The normalized spacial score (nSPS) is 18.2. The first-order valence-electron chi connectivity index (χ1n) is 9.60. The summed E-state index contributed by atoms with van der Waals surface area (Å²) in [6, 6.07) is 12.2. The summed E-state index contributed by atoms with van der Waals surface area (Å²) in [6.45, 7) is 3.98. The second-order valence-electron chi connectivity index (χ2n) is 7.27. The molecule has 1 aromatic heterocycles. The van der Waals surface area contributed by atoms with Gasteiger partial charge in [0, 0.05) is 32.0 Å². The molecule has 1 N–H and O–H groups in total. The minimum atomic E-state index is -0.134. The van der Waals surface area contributed by atoms with Crippen LogP contribution in [0, 0.1) is 6.92 Å². The van der Waals surface area contributed by atoms with Crippen molar-refractivity contribution in [3.05, 3.63) is 47.9 Å². The van der Waals surface area contributed by atoms with Crippen LogP contribution in [-0.4, -0.2) is 30.9 Å². The van der Waals surface area contributed by atoms with Gasteiger partial charge in [0.2, 0.25) is 11.8 Å². The van der Waals surface area contributed by atoms with E-state index in [0.29, 0.717) is 19.1 Å². The quantitative estimate of drug-likeness (QED) is 0.882. The summed E-state index contributed by atoms with van der Waals surface area (Å²) in [5.74, 6) is 1.42. The van der Waals surface area contributed by atoms with Gasteiger partial charge in [0.1, 0.15) is 11.5 Å². The van der Waals surface area contributed by atoms with E-state index in [0.717, 1.165) is 42.3 Å². The molecule has 0 radical (unpaired) electrons. The van der Waals surface area contributed by atoms with Crippen molar-refractivity contribution in [3.63, 3.8) is 0 Å². The third kappa shape index (κ3) is 3.70. The molecule has 1 atom stereocenters. The second-order valence-corrected chi connectivity index (χ2v) is 7.27. The van der Waals surface area contributed by atoms with E-state index in [2.05, 4.69) is 16.3 Å². The number of para-hydroxylation sites is 2. The number of aryl methyl sites for hydroxylation is 1. The molecule has 1 aromatic carbocycles. The van der Waals surface area contributed by atoms with E-state index in [1.54, 1.807) is 0 Å². The third-order valence-electron chi connectivity index (χ3n) is 5.38. The summed E-state index contributed by atoms with van der Waals surface area (Å²) in [7, 11) is 0. The topological polar surface area (TPSA) is 65.8 Å². The van der Waals surface area contributed by atoms with Gasteiger partial charge >= 0.3 is 0 Å². The zero-order chi connectivity index (χ0) is 18.8. The average molecular weight is 367 g/mol. The molecule has 2 amide bonds. The van der Waals surface area contributed by atoms with E-state index < -0.39 is 0 Å². The molecule has 6 nitrogen and oxygen atoms in total. The Balaban J connectivity index is 1.35. The lowest BCUT2D eigenvalue weighted by Gasteiger charge is -2.40. The molecule has 2 aromatic rings. The number of rotatable bonds is 5. The van der Waals surface area contributed by atoms with E-state index in [9.17, 15) is 9.59 Å². The van der Waals surface area contributed by atoms with Gasteiger partial charge in [-0.25, -0.2) is 0 Å². The highest BCUT2D eigenvalue weighted by molar-refractivity contribution is 5.99. The highest BCUT2D eigenvalue weighted by Crippen LogP contribution is 2.39. The Kier molecular flexibility index (Phi) is 4.88. The molecule has 0 bridgehead atoms. The SMILES string of the molecule is Cc1ccc(CNC(=O)CCC(=O)N2C[C@@H]3CCCN3c3ccccc32)o1. The number of anilines is 2. The van der Waals surface area contributed by atoms with Crippen LogP contribution in [0.5, 0.6) is 0 Å². The molecule has 0 saturated carbocycles. The van der Waals surface area contributed by atoms with Crippen molar-refractivity contribution in [2.24, 2.45) is 0 Å². The Bertz CT molecular complexity index is 845. The van der Waals surface area contributed by atoms with Crippen molar-refractivity contribution in [1.82, 2.24) is 5.32 Å². The van der Waals surface area contributed by atoms with E-state index in [1.807, 2.05) is 42.2 Å². The van der Waals surface area contributed by atoms with Crippen LogP contribution in [0.25, 0.3) is 0 Å². The summed E-state index contributed by atoms with van der Waals surface area (Å²) in [6.07, 6.45) is 2.67. The van der Waals surface area contributed by atoms with Gasteiger partial charge < -0.3 is 19.5 Å². The first-order valence-corrected chi connectivity index (χ1v) is 9.60. The first-order chi connectivity index (χ1) is 13.1. The zero-order valence-electron chi connectivity index (χ0n) is 15.6. The highest BCUT2D eigenvalue weighted by atomic mass is 16.3. The average Bonchev–Trinajstić information content (AvgIpc) is 3.32. The van der Waals surface area contributed by atoms with Crippen molar-refractivity contribution in [3.8, 4) is 0 Å². The Hall–Kier alpha value is -2.76. The zero-order valence-corrected chi connectivity index (χ0v) is 15.6. The molecule has 6 heteroatoms. The summed E-state index contributed by atoms with van der Waals surface area (Å²) < 4.78 is 5.44. The Labute approximate surface area is 159 Å². The number of carbonyl (C=O) groups excluding carboxylic acids is 2. The lowest BCUT2D eigenvalue weighted by molar-refractivity contribution is -0.125. The van der Waals surface area contributed by atoms with Gasteiger partial charge in [-0.15, -0.1) is 0 Å². The molecule has 4 rings (SSSR count). The Morgan fingerprint density at radius 1 is 1.15 bits per heavy atom. The molecule has 0 unspecified atom stereocenters. The maximum atomic E-state index is 12.8. The first kappa shape index (κ1) is 17.6. The van der Waals surface area contributed by atoms with Gasteiger partial charge in [0.05, 0.1) is 17.9 Å². The molecule has 27 heavy (non-hydrogen) atoms. The molecule has 3 heterocycles. The third-order valence-corrected chi connectivity index (χ3v) is 5.38. The molecular formula is C21H25N3O3. The van der Waals surface area contributed by atoms with Crippen molar-refractivity contribution in [1.29, 1.82) is 0 Å². The maximum absolute atomic E-state index is 12.8.